The van der Waals surface area contributed by atoms with E-state index in [1.165, 1.54) is 12.1 Å². The van der Waals surface area contributed by atoms with Crippen LogP contribution in [0.1, 0.15) is 5.56 Å². The fourth-order valence-corrected chi connectivity index (χ4v) is 2.13. The third-order valence-corrected chi connectivity index (χ3v) is 3.08. The summed E-state index contributed by atoms with van der Waals surface area (Å²) in [7, 11) is 0. The van der Waals surface area contributed by atoms with Crippen LogP contribution in [0, 0.1) is 5.82 Å². The minimum atomic E-state index is -0.592. The van der Waals surface area contributed by atoms with E-state index in [-0.39, 0.29) is 23.0 Å². The summed E-state index contributed by atoms with van der Waals surface area (Å²) >= 11 is 0. The number of hydrogen-bond acceptors (Lipinski definition) is 6. The van der Waals surface area contributed by atoms with Crippen molar-refractivity contribution < 1.29 is 4.39 Å². The van der Waals surface area contributed by atoms with Gasteiger partial charge in [-0.05, 0) is 17.7 Å². The number of nitrogens with two attached hydrogens (primary N) is 2. The minimum absolute atomic E-state index is 0.0220. The summed E-state index contributed by atoms with van der Waals surface area (Å²) < 4.78 is 12.9. The van der Waals surface area contributed by atoms with Crippen LogP contribution in [0.25, 0.3) is 0 Å². The molecular weight excluding hydrogens is 263 g/mol. The van der Waals surface area contributed by atoms with Gasteiger partial charge in [0.15, 0.2) is 12.1 Å². The second-order valence-corrected chi connectivity index (χ2v) is 4.49. The zero-order valence-corrected chi connectivity index (χ0v) is 10.4. The van der Waals surface area contributed by atoms with Crippen molar-refractivity contribution in [2.24, 2.45) is 5.73 Å². The van der Waals surface area contributed by atoms with E-state index < -0.39 is 6.29 Å². The molecule has 2 heterocycles. The largest absolute Gasteiger partial charge is 0.369 e. The second kappa shape index (κ2) is 4.49. The molecule has 8 heteroatoms. The molecule has 20 heavy (non-hydrogen) atoms. The predicted octanol–water partition coefficient (Wildman–Crippen LogP) is 0.166. The Morgan fingerprint density at radius 3 is 2.75 bits per heavy atom. The van der Waals surface area contributed by atoms with Crippen LogP contribution in [0.5, 0.6) is 0 Å². The Bertz CT molecular complexity index is 698. The number of benzene rings is 1. The molecule has 2 aromatic rings. The van der Waals surface area contributed by atoms with E-state index in [2.05, 4.69) is 15.3 Å². The molecule has 0 aliphatic carbocycles. The van der Waals surface area contributed by atoms with Crippen LogP contribution >= 0.6 is 0 Å². The Balaban J connectivity index is 1.96. The molecular formula is C12H13FN6O. The maximum Gasteiger partial charge on any atom is 0.277 e. The predicted molar refractivity (Wildman–Crippen MR) is 73.5 cm³/mol. The van der Waals surface area contributed by atoms with E-state index in [1.54, 1.807) is 17.0 Å². The van der Waals surface area contributed by atoms with E-state index >= 15 is 0 Å². The van der Waals surface area contributed by atoms with Gasteiger partial charge in [-0.15, -0.1) is 0 Å². The number of nitrogens with one attached hydrogen (secondary N) is 2. The summed E-state index contributed by atoms with van der Waals surface area (Å²) in [6, 6.07) is 6.03. The van der Waals surface area contributed by atoms with E-state index in [9.17, 15) is 9.18 Å². The minimum Gasteiger partial charge on any atom is -0.369 e. The molecule has 0 saturated carbocycles. The van der Waals surface area contributed by atoms with Gasteiger partial charge in [-0.3, -0.25) is 15.5 Å². The lowest BCUT2D eigenvalue weighted by Crippen LogP contribution is -2.42. The highest BCUT2D eigenvalue weighted by Gasteiger charge is 2.30. The normalized spacial score (nSPS) is 16.9. The van der Waals surface area contributed by atoms with Crippen molar-refractivity contribution in [2.45, 2.75) is 12.8 Å². The SMILES string of the molecule is Nc1nc2c(c(=O)[nH]1)NC(N)N2Cc1ccc(F)cc1. The summed E-state index contributed by atoms with van der Waals surface area (Å²) in [5.74, 6) is 0.105. The zero-order chi connectivity index (χ0) is 14.3. The number of aromatic nitrogens is 2. The number of fused-ring (bicyclic) bond motifs is 1. The highest BCUT2D eigenvalue weighted by atomic mass is 19.1. The maximum atomic E-state index is 12.9. The molecule has 1 aliphatic heterocycles. The lowest BCUT2D eigenvalue weighted by molar-refractivity contribution is 0.625. The van der Waals surface area contributed by atoms with E-state index in [1.807, 2.05) is 0 Å². The topological polar surface area (TPSA) is 113 Å². The van der Waals surface area contributed by atoms with E-state index in [4.69, 9.17) is 11.5 Å². The van der Waals surface area contributed by atoms with E-state index in [0.717, 1.165) is 5.56 Å². The third kappa shape index (κ3) is 2.05. The molecule has 0 radical (unpaired) electrons. The molecule has 1 unspecified atom stereocenters. The monoisotopic (exact) mass is 276 g/mol. The van der Waals surface area contributed by atoms with Gasteiger partial charge in [0, 0.05) is 6.54 Å². The average Bonchev–Trinajstić information content (AvgIpc) is 2.70. The Morgan fingerprint density at radius 2 is 2.05 bits per heavy atom. The number of nitrogen functional groups attached to an aromatic ring is 1. The lowest BCUT2D eigenvalue weighted by Gasteiger charge is -2.22. The van der Waals surface area contributed by atoms with Crippen molar-refractivity contribution in [3.8, 4) is 0 Å². The second-order valence-electron chi connectivity index (χ2n) is 4.49. The standard InChI is InChI=1S/C12H13FN6O/c13-7-3-1-6(2-4-7)5-19-9-8(16-12(19)15)10(20)18-11(14)17-9/h1-4,12,16H,5,15H2,(H3,14,17,18,20). The van der Waals surface area contributed by atoms with Crippen LogP contribution in [0.2, 0.25) is 0 Å². The number of nitrogens with zero attached hydrogens (tertiary/aromatic N) is 2. The molecule has 0 amide bonds. The fraction of sp³-hybridized carbons (Fsp3) is 0.167. The lowest BCUT2D eigenvalue weighted by atomic mass is 10.2. The van der Waals surface area contributed by atoms with Gasteiger partial charge in [0.25, 0.3) is 5.56 Å². The summed E-state index contributed by atoms with van der Waals surface area (Å²) in [5.41, 5.74) is 12.2. The first-order valence-corrected chi connectivity index (χ1v) is 5.97. The smallest absolute Gasteiger partial charge is 0.277 e. The number of rotatable bonds is 2. The van der Waals surface area contributed by atoms with Crippen LogP contribution in [0.3, 0.4) is 0 Å². The third-order valence-electron chi connectivity index (χ3n) is 3.08. The molecule has 0 bridgehead atoms. The summed E-state index contributed by atoms with van der Waals surface area (Å²) in [6.07, 6.45) is -0.592. The van der Waals surface area contributed by atoms with Gasteiger partial charge < -0.3 is 16.0 Å². The highest BCUT2D eigenvalue weighted by molar-refractivity contribution is 5.71. The van der Waals surface area contributed by atoms with Crippen molar-refractivity contribution in [2.75, 3.05) is 16.0 Å². The molecule has 6 N–H and O–H groups in total. The van der Waals surface area contributed by atoms with Crippen molar-refractivity contribution >= 4 is 17.5 Å². The Morgan fingerprint density at radius 1 is 1.35 bits per heavy atom. The number of hydrogen-bond donors (Lipinski definition) is 4. The van der Waals surface area contributed by atoms with Crippen LogP contribution in [-0.2, 0) is 6.54 Å². The van der Waals surface area contributed by atoms with Crippen molar-refractivity contribution in [3.63, 3.8) is 0 Å². The highest BCUT2D eigenvalue weighted by Crippen LogP contribution is 2.29. The molecule has 0 spiro atoms. The van der Waals surface area contributed by atoms with E-state index in [0.29, 0.717) is 12.4 Å². The van der Waals surface area contributed by atoms with Crippen LogP contribution in [-0.4, -0.2) is 16.3 Å². The fourth-order valence-electron chi connectivity index (χ4n) is 2.13. The Kier molecular flexibility index (Phi) is 2.79. The summed E-state index contributed by atoms with van der Waals surface area (Å²) in [4.78, 5) is 19.9. The van der Waals surface area contributed by atoms with Gasteiger partial charge in [-0.2, -0.15) is 4.98 Å². The zero-order valence-electron chi connectivity index (χ0n) is 10.4. The first-order valence-electron chi connectivity index (χ1n) is 5.97. The molecule has 1 atom stereocenters. The summed E-state index contributed by atoms with van der Waals surface area (Å²) in [5, 5.41) is 2.84. The van der Waals surface area contributed by atoms with Crippen LogP contribution in [0.15, 0.2) is 29.1 Å². The molecule has 7 nitrogen and oxygen atoms in total. The number of halogens is 1. The van der Waals surface area contributed by atoms with Crippen molar-refractivity contribution in [3.05, 3.63) is 46.0 Å². The molecule has 1 aromatic heterocycles. The van der Waals surface area contributed by atoms with Gasteiger partial charge in [-0.1, -0.05) is 12.1 Å². The molecule has 104 valence electrons. The molecule has 1 aromatic carbocycles. The van der Waals surface area contributed by atoms with Gasteiger partial charge in [0.05, 0.1) is 0 Å². The number of aromatic amines is 1. The van der Waals surface area contributed by atoms with Gasteiger partial charge in [-0.25, -0.2) is 4.39 Å². The quantitative estimate of drug-likeness (QED) is 0.621. The first kappa shape index (κ1) is 12.4. The maximum absolute atomic E-state index is 12.9. The van der Waals surface area contributed by atoms with Crippen LogP contribution < -0.4 is 27.2 Å². The summed E-state index contributed by atoms with van der Waals surface area (Å²) in [6.45, 7) is 0.386. The molecule has 0 fully saturated rings. The van der Waals surface area contributed by atoms with Gasteiger partial charge >= 0.3 is 0 Å². The molecule has 3 rings (SSSR count). The number of H-pyrrole nitrogens is 1. The Labute approximate surface area is 113 Å². The first-order chi connectivity index (χ1) is 9.54. The number of anilines is 3. The molecule has 0 saturated heterocycles. The van der Waals surface area contributed by atoms with Crippen LogP contribution in [0.4, 0.5) is 21.8 Å². The Hall–Kier alpha value is -2.61. The van der Waals surface area contributed by atoms with Crippen molar-refractivity contribution in [1.29, 1.82) is 0 Å². The van der Waals surface area contributed by atoms with Crippen molar-refractivity contribution in [1.82, 2.24) is 9.97 Å². The molecule has 1 aliphatic rings. The van der Waals surface area contributed by atoms with Gasteiger partial charge in [0.1, 0.15) is 11.5 Å². The van der Waals surface area contributed by atoms with Gasteiger partial charge in [0.2, 0.25) is 5.95 Å². The average molecular weight is 276 g/mol.